The quantitative estimate of drug-likeness (QED) is 0.0762. The summed E-state index contributed by atoms with van der Waals surface area (Å²) >= 11 is 0. The molecule has 3 saturated heterocycles. The summed E-state index contributed by atoms with van der Waals surface area (Å²) in [5, 5.41) is 81.0. The molecule has 14 atom stereocenters. The highest BCUT2D eigenvalue weighted by molar-refractivity contribution is 5.81. The average Bonchev–Trinajstić information content (AvgIpc) is 3.01. The number of aliphatic hydroxyl groups is 7. The molecule has 1 aromatic heterocycles. The van der Waals surface area contributed by atoms with Crippen molar-refractivity contribution in [2.24, 2.45) is 0 Å². The van der Waals surface area contributed by atoms with E-state index in [0.29, 0.717) is 23.5 Å². The number of fused-ring (bicyclic) bond motifs is 1. The van der Waals surface area contributed by atoms with Crippen molar-refractivity contribution in [3.63, 3.8) is 0 Å². The van der Waals surface area contributed by atoms with E-state index in [2.05, 4.69) is 0 Å². The zero-order valence-electron chi connectivity index (χ0n) is 23.8. The minimum atomic E-state index is -1.88. The molecule has 8 N–H and O–H groups in total. The van der Waals surface area contributed by atoms with Crippen LogP contribution < -0.4 is 10.4 Å². The predicted octanol–water partition coefficient (Wildman–Crippen LogP) is -3.18. The summed E-state index contributed by atoms with van der Waals surface area (Å²) in [5.41, 5.74) is 0.406. The number of carbonyl (C=O) groups excluding carboxylic acids is 1. The highest BCUT2D eigenvalue weighted by atomic mass is 16.7. The van der Waals surface area contributed by atoms with E-state index in [1.165, 1.54) is 12.1 Å². The second-order valence-corrected chi connectivity index (χ2v) is 11.0. The molecule has 3 aliphatic rings. The Balaban J connectivity index is 1.28. The van der Waals surface area contributed by atoms with Crippen molar-refractivity contribution in [3.8, 4) is 5.75 Å². The van der Waals surface area contributed by atoms with Crippen molar-refractivity contribution in [3.05, 3.63) is 40.2 Å². The number of aliphatic hydroxyl groups excluding tert-OH is 7. The molecule has 3 aliphatic heterocycles. The number of hydrogen-bond donors (Lipinski definition) is 8. The number of nitrogens with one attached hydrogen (secondary N) is 1. The molecule has 3 fully saturated rings. The van der Waals surface area contributed by atoms with Crippen LogP contribution >= 0.6 is 0 Å². The number of ether oxygens (including phenoxy) is 6. The van der Waals surface area contributed by atoms with Crippen molar-refractivity contribution >= 4 is 23.5 Å². The summed E-state index contributed by atoms with van der Waals surface area (Å²) in [6.07, 6.45) is -21.7. The SMILES string of the molecule is Cc1cc(=O)oc2cc(O[C@H]3CC(O)[C@H](OC4OC(CO)[C@H](O)[C@H](O[C@H]5O[C@H](C=N)[C@H](O)[C@H](O)[C@H]5O)[C@H]4O)C(C=O)O3)ccc12. The van der Waals surface area contributed by atoms with Gasteiger partial charge < -0.3 is 78.8 Å². The van der Waals surface area contributed by atoms with Crippen LogP contribution in [0.3, 0.4) is 0 Å². The molecule has 17 heteroatoms. The fourth-order valence-electron chi connectivity index (χ4n) is 5.50. The molecule has 2 aromatic rings. The summed E-state index contributed by atoms with van der Waals surface area (Å²) in [4.78, 5) is 23.8. The van der Waals surface area contributed by atoms with Gasteiger partial charge in [-0.05, 0) is 24.6 Å². The van der Waals surface area contributed by atoms with Gasteiger partial charge in [-0.3, -0.25) is 0 Å². The third-order valence-electron chi connectivity index (χ3n) is 7.95. The van der Waals surface area contributed by atoms with Gasteiger partial charge in [-0.15, -0.1) is 0 Å². The molecule has 0 aliphatic carbocycles. The standard InChI is InChI=1S/C28H35NO16/c1-10-4-18(33)40-14-5-11(2-3-12(10)14)39-19-6-13(32)25(17(9-31)41-19)44-28-24(38)26(21(35)16(8-30)43-28)45-27-23(37)22(36)20(34)15(7-29)42-27/h2-5,7,9,13,15-17,19-30,32,34-38H,6,8H2,1H3/t13?,15-,16?,17?,19-,20+,21+,22+,23-,24-,25+,26+,27-,28?/m1/s1. The van der Waals surface area contributed by atoms with Crippen molar-refractivity contribution in [1.82, 2.24) is 0 Å². The van der Waals surface area contributed by atoms with E-state index in [0.717, 1.165) is 0 Å². The molecule has 4 heterocycles. The summed E-state index contributed by atoms with van der Waals surface area (Å²) in [7, 11) is 0. The highest BCUT2D eigenvalue weighted by Crippen LogP contribution is 2.33. The van der Waals surface area contributed by atoms with Gasteiger partial charge in [0.05, 0.1) is 12.7 Å². The van der Waals surface area contributed by atoms with Crippen LogP contribution in [0.5, 0.6) is 5.75 Å². The fraction of sp³-hybridized carbons (Fsp3) is 0.607. The maximum atomic E-state index is 12.0. The molecular weight excluding hydrogens is 606 g/mol. The van der Waals surface area contributed by atoms with Crippen LogP contribution in [0.25, 0.3) is 11.0 Å². The molecule has 0 saturated carbocycles. The van der Waals surface area contributed by atoms with E-state index in [9.17, 15) is 45.3 Å². The molecule has 17 nitrogen and oxygen atoms in total. The van der Waals surface area contributed by atoms with Gasteiger partial charge in [0, 0.05) is 30.2 Å². The lowest BCUT2D eigenvalue weighted by Crippen LogP contribution is -2.65. The van der Waals surface area contributed by atoms with Crippen molar-refractivity contribution in [2.45, 2.75) is 99.4 Å². The maximum absolute atomic E-state index is 12.0. The maximum Gasteiger partial charge on any atom is 0.336 e. The van der Waals surface area contributed by atoms with Gasteiger partial charge >= 0.3 is 5.63 Å². The zero-order chi connectivity index (χ0) is 32.6. The van der Waals surface area contributed by atoms with Crippen LogP contribution in [0.15, 0.2) is 33.5 Å². The minimum Gasteiger partial charge on any atom is -0.465 e. The van der Waals surface area contributed by atoms with Gasteiger partial charge in [0.2, 0.25) is 6.29 Å². The Labute approximate surface area is 254 Å². The van der Waals surface area contributed by atoms with E-state index < -0.39 is 98.2 Å². The van der Waals surface area contributed by atoms with Gasteiger partial charge in [0.1, 0.15) is 72.4 Å². The smallest absolute Gasteiger partial charge is 0.336 e. The normalized spacial score (nSPS) is 40.6. The van der Waals surface area contributed by atoms with E-state index in [1.54, 1.807) is 19.1 Å². The molecule has 5 rings (SSSR count). The highest BCUT2D eigenvalue weighted by Gasteiger charge is 2.52. The Morgan fingerprint density at radius 1 is 0.889 bits per heavy atom. The second kappa shape index (κ2) is 13.8. The Hall–Kier alpha value is -2.91. The number of hydrogen-bond acceptors (Lipinski definition) is 17. The van der Waals surface area contributed by atoms with Crippen molar-refractivity contribution < 1.29 is 73.4 Å². The Kier molecular flexibility index (Phi) is 10.3. The van der Waals surface area contributed by atoms with Crippen LogP contribution in [0.2, 0.25) is 0 Å². The fourth-order valence-corrected chi connectivity index (χ4v) is 5.50. The van der Waals surface area contributed by atoms with Crippen LogP contribution in [-0.4, -0.2) is 141 Å². The third kappa shape index (κ3) is 6.80. The summed E-state index contributed by atoms with van der Waals surface area (Å²) in [6, 6.07) is 6.07. The average molecular weight is 642 g/mol. The lowest BCUT2D eigenvalue weighted by Gasteiger charge is -2.47. The van der Waals surface area contributed by atoms with Crippen LogP contribution in [0, 0.1) is 12.3 Å². The number of aryl methyl sites for hydroxylation is 1. The van der Waals surface area contributed by atoms with Crippen molar-refractivity contribution in [2.75, 3.05) is 6.61 Å². The predicted molar refractivity (Wildman–Crippen MR) is 146 cm³/mol. The van der Waals surface area contributed by atoms with Crippen LogP contribution in [-0.2, 0) is 28.5 Å². The van der Waals surface area contributed by atoms with E-state index in [1.807, 2.05) is 0 Å². The molecule has 1 aromatic carbocycles. The van der Waals surface area contributed by atoms with E-state index in [-0.39, 0.29) is 17.8 Å². The summed E-state index contributed by atoms with van der Waals surface area (Å²) in [6.45, 7) is 0.949. The molecule has 4 unspecified atom stereocenters. The Morgan fingerprint density at radius 2 is 1.60 bits per heavy atom. The lowest BCUT2D eigenvalue weighted by molar-refractivity contribution is -0.366. The Morgan fingerprint density at radius 3 is 2.29 bits per heavy atom. The molecule has 248 valence electrons. The third-order valence-corrected chi connectivity index (χ3v) is 7.95. The van der Waals surface area contributed by atoms with Crippen LogP contribution in [0.4, 0.5) is 0 Å². The first-order chi connectivity index (χ1) is 21.4. The lowest BCUT2D eigenvalue weighted by atomic mass is 9.96. The monoisotopic (exact) mass is 641 g/mol. The van der Waals surface area contributed by atoms with Gasteiger partial charge in [0.25, 0.3) is 0 Å². The first-order valence-electron chi connectivity index (χ1n) is 14.1. The van der Waals surface area contributed by atoms with Gasteiger partial charge in [-0.25, -0.2) is 4.79 Å². The summed E-state index contributed by atoms with van der Waals surface area (Å²) < 4.78 is 38.7. The molecular formula is C28H35NO16. The van der Waals surface area contributed by atoms with Crippen molar-refractivity contribution in [1.29, 1.82) is 5.41 Å². The second-order valence-electron chi connectivity index (χ2n) is 11.0. The van der Waals surface area contributed by atoms with Gasteiger partial charge in [-0.1, -0.05) is 0 Å². The first kappa shape index (κ1) is 33.5. The van der Waals surface area contributed by atoms with Crippen LogP contribution in [0.1, 0.15) is 12.0 Å². The first-order valence-corrected chi connectivity index (χ1v) is 14.1. The largest absolute Gasteiger partial charge is 0.465 e. The van der Waals surface area contributed by atoms with Gasteiger partial charge in [0.15, 0.2) is 18.9 Å². The van der Waals surface area contributed by atoms with E-state index >= 15 is 0 Å². The number of rotatable bonds is 9. The molecule has 0 bridgehead atoms. The Bertz CT molecular complexity index is 1400. The number of carbonyl (C=O) groups is 1. The molecule has 0 spiro atoms. The molecule has 45 heavy (non-hydrogen) atoms. The zero-order valence-corrected chi connectivity index (χ0v) is 23.8. The molecule has 0 amide bonds. The topological polar surface area (TPSA) is 268 Å². The summed E-state index contributed by atoms with van der Waals surface area (Å²) in [5.74, 6) is 0.221. The number of benzene rings is 1. The minimum absolute atomic E-state index is 0.221. The van der Waals surface area contributed by atoms with E-state index in [4.69, 9.17) is 38.2 Å². The van der Waals surface area contributed by atoms with Gasteiger partial charge in [-0.2, -0.15) is 0 Å². The molecule has 0 radical (unpaired) electrons. The number of aldehydes is 1.